The monoisotopic (exact) mass is 257 g/mol. The fraction of sp³-hybridized carbons (Fsp3) is 0.500. The molecular formula is C10H15N3O3S. The maximum absolute atomic E-state index is 11.3. The van der Waals surface area contributed by atoms with E-state index in [1.54, 1.807) is 21.0 Å². The molecule has 0 unspecified atom stereocenters. The van der Waals surface area contributed by atoms with Crippen molar-refractivity contribution in [1.29, 1.82) is 0 Å². The molecular weight excluding hydrogens is 242 g/mol. The Morgan fingerprint density at radius 1 is 1.47 bits per heavy atom. The third-order valence-corrected chi connectivity index (χ3v) is 2.99. The minimum Gasteiger partial charge on any atom is -0.464 e. The van der Waals surface area contributed by atoms with Crippen molar-refractivity contribution in [2.24, 2.45) is 0 Å². The average Bonchev–Trinajstić information content (AvgIpc) is 2.66. The van der Waals surface area contributed by atoms with E-state index in [1.165, 1.54) is 23.3 Å². The molecule has 0 atom stereocenters. The quantitative estimate of drug-likeness (QED) is 0.805. The zero-order valence-electron chi connectivity index (χ0n) is 10.2. The predicted molar refractivity (Wildman–Crippen MR) is 65.4 cm³/mol. The van der Waals surface area contributed by atoms with E-state index in [2.05, 4.69) is 15.0 Å². The molecule has 1 aromatic rings. The van der Waals surface area contributed by atoms with Crippen LogP contribution in [0, 0.1) is 6.92 Å². The molecule has 0 spiro atoms. The zero-order chi connectivity index (χ0) is 13.0. The van der Waals surface area contributed by atoms with Crippen molar-refractivity contribution >= 4 is 28.3 Å². The van der Waals surface area contributed by atoms with E-state index >= 15 is 0 Å². The highest BCUT2D eigenvalue weighted by Gasteiger charge is 2.16. The number of hydrogen-bond acceptors (Lipinski definition) is 6. The first-order valence-corrected chi connectivity index (χ1v) is 5.77. The van der Waals surface area contributed by atoms with Gasteiger partial charge in [-0.2, -0.15) is 0 Å². The van der Waals surface area contributed by atoms with Gasteiger partial charge in [0.15, 0.2) is 10.8 Å². The summed E-state index contributed by atoms with van der Waals surface area (Å²) < 4.78 is 4.60. The number of esters is 1. The first kappa shape index (κ1) is 13.4. The minimum absolute atomic E-state index is 0.0579. The number of ether oxygens (including phenoxy) is 1. The van der Waals surface area contributed by atoms with E-state index in [0.29, 0.717) is 5.13 Å². The van der Waals surface area contributed by atoms with E-state index in [4.69, 9.17) is 0 Å². The van der Waals surface area contributed by atoms with Crippen LogP contribution in [0.1, 0.15) is 15.4 Å². The van der Waals surface area contributed by atoms with E-state index in [-0.39, 0.29) is 18.1 Å². The Morgan fingerprint density at radius 3 is 2.65 bits per heavy atom. The molecule has 1 heterocycles. The van der Waals surface area contributed by atoms with Gasteiger partial charge in [-0.3, -0.25) is 4.79 Å². The predicted octanol–water partition coefficient (Wildman–Crippen LogP) is 0.738. The van der Waals surface area contributed by atoms with Gasteiger partial charge in [0.2, 0.25) is 5.91 Å². The number of nitrogens with zero attached hydrogens (tertiary/aromatic N) is 2. The third kappa shape index (κ3) is 3.42. The molecule has 1 aromatic heterocycles. The third-order valence-electron chi connectivity index (χ3n) is 2.06. The highest BCUT2D eigenvalue weighted by molar-refractivity contribution is 7.15. The summed E-state index contributed by atoms with van der Waals surface area (Å²) in [5.41, 5.74) is 0.289. The summed E-state index contributed by atoms with van der Waals surface area (Å²) >= 11 is 1.32. The summed E-state index contributed by atoms with van der Waals surface area (Å²) in [5.74, 6) is -0.525. The SMILES string of the molecule is COC(=O)c1nc(NCC(=O)N(C)C)sc1C. The molecule has 17 heavy (non-hydrogen) atoms. The minimum atomic E-state index is -0.467. The van der Waals surface area contributed by atoms with Gasteiger partial charge in [0.1, 0.15) is 0 Å². The molecule has 0 aliphatic rings. The molecule has 7 heteroatoms. The van der Waals surface area contributed by atoms with E-state index < -0.39 is 5.97 Å². The molecule has 0 aromatic carbocycles. The lowest BCUT2D eigenvalue weighted by Gasteiger charge is -2.09. The fourth-order valence-corrected chi connectivity index (χ4v) is 1.86. The lowest BCUT2D eigenvalue weighted by Crippen LogP contribution is -2.28. The topological polar surface area (TPSA) is 71.5 Å². The van der Waals surface area contributed by atoms with Gasteiger partial charge in [-0.05, 0) is 6.92 Å². The van der Waals surface area contributed by atoms with Crippen LogP contribution in [-0.4, -0.2) is 49.5 Å². The van der Waals surface area contributed by atoms with Crippen molar-refractivity contribution in [1.82, 2.24) is 9.88 Å². The Bertz CT molecular complexity index is 428. The summed E-state index contributed by atoms with van der Waals surface area (Å²) in [7, 11) is 4.66. The Kier molecular flexibility index (Phi) is 4.45. The Morgan fingerprint density at radius 2 is 2.12 bits per heavy atom. The summed E-state index contributed by atoms with van der Waals surface area (Å²) in [6.07, 6.45) is 0. The number of aryl methyl sites for hydroxylation is 1. The maximum atomic E-state index is 11.3. The van der Waals surface area contributed by atoms with Gasteiger partial charge in [-0.25, -0.2) is 9.78 Å². The van der Waals surface area contributed by atoms with Crippen LogP contribution >= 0.6 is 11.3 Å². The zero-order valence-corrected chi connectivity index (χ0v) is 11.1. The molecule has 0 fully saturated rings. The van der Waals surface area contributed by atoms with E-state index in [9.17, 15) is 9.59 Å². The normalized spacial score (nSPS) is 9.88. The van der Waals surface area contributed by atoms with Crippen molar-refractivity contribution in [3.8, 4) is 0 Å². The lowest BCUT2D eigenvalue weighted by molar-refractivity contribution is -0.126. The Balaban J connectivity index is 2.68. The standard InChI is InChI=1S/C10H15N3O3S/c1-6-8(9(15)16-4)12-10(17-6)11-5-7(14)13(2)3/h5H2,1-4H3,(H,11,12). The number of rotatable bonds is 4. The summed E-state index contributed by atoms with van der Waals surface area (Å²) in [6, 6.07) is 0. The van der Waals surface area contributed by atoms with Crippen molar-refractivity contribution in [2.45, 2.75) is 6.92 Å². The molecule has 0 bridgehead atoms. The number of carbonyl (C=O) groups excluding carboxylic acids is 2. The molecule has 1 rings (SSSR count). The summed E-state index contributed by atoms with van der Waals surface area (Å²) in [6.45, 7) is 1.93. The van der Waals surface area contributed by atoms with Crippen LogP contribution in [-0.2, 0) is 9.53 Å². The molecule has 0 saturated heterocycles. The highest BCUT2D eigenvalue weighted by Crippen LogP contribution is 2.22. The van der Waals surface area contributed by atoms with E-state index in [1.807, 2.05) is 0 Å². The van der Waals surface area contributed by atoms with Gasteiger partial charge in [0.25, 0.3) is 0 Å². The second kappa shape index (κ2) is 5.62. The first-order chi connectivity index (χ1) is 7.95. The van der Waals surface area contributed by atoms with Crippen molar-refractivity contribution < 1.29 is 14.3 Å². The maximum Gasteiger partial charge on any atom is 0.357 e. The summed E-state index contributed by atoms with van der Waals surface area (Å²) in [5, 5.41) is 3.41. The van der Waals surface area contributed by atoms with Crippen LogP contribution in [0.15, 0.2) is 0 Å². The van der Waals surface area contributed by atoms with Crippen molar-refractivity contribution in [3.05, 3.63) is 10.6 Å². The molecule has 94 valence electrons. The van der Waals surface area contributed by atoms with Crippen molar-refractivity contribution in [2.75, 3.05) is 33.1 Å². The number of nitrogens with one attached hydrogen (secondary N) is 1. The highest BCUT2D eigenvalue weighted by atomic mass is 32.1. The van der Waals surface area contributed by atoms with Crippen LogP contribution < -0.4 is 5.32 Å². The number of hydrogen-bond donors (Lipinski definition) is 1. The number of thiazole rings is 1. The Labute approximate surface area is 104 Å². The van der Waals surface area contributed by atoms with Gasteiger partial charge in [0.05, 0.1) is 13.7 Å². The summed E-state index contributed by atoms with van der Waals surface area (Å²) in [4.78, 5) is 29.0. The number of amides is 1. The van der Waals surface area contributed by atoms with Crippen LogP contribution in [0.3, 0.4) is 0 Å². The van der Waals surface area contributed by atoms with Crippen molar-refractivity contribution in [3.63, 3.8) is 0 Å². The van der Waals surface area contributed by atoms with Gasteiger partial charge in [0, 0.05) is 19.0 Å². The molecule has 0 saturated carbocycles. The molecule has 6 nitrogen and oxygen atoms in total. The number of anilines is 1. The van der Waals surface area contributed by atoms with Gasteiger partial charge >= 0.3 is 5.97 Å². The molecule has 1 amide bonds. The fourth-order valence-electron chi connectivity index (χ4n) is 1.07. The number of aromatic nitrogens is 1. The number of methoxy groups -OCH3 is 1. The average molecular weight is 257 g/mol. The van der Waals surface area contributed by atoms with Crippen LogP contribution in [0.2, 0.25) is 0 Å². The molecule has 0 aliphatic heterocycles. The van der Waals surface area contributed by atoms with Crippen LogP contribution in [0.4, 0.5) is 5.13 Å². The second-order valence-electron chi connectivity index (χ2n) is 3.56. The number of carbonyl (C=O) groups is 2. The van der Waals surface area contributed by atoms with E-state index in [0.717, 1.165) is 4.88 Å². The Hall–Kier alpha value is -1.63. The largest absolute Gasteiger partial charge is 0.464 e. The van der Waals surface area contributed by atoms with Crippen LogP contribution in [0.5, 0.6) is 0 Å². The van der Waals surface area contributed by atoms with Gasteiger partial charge in [-0.1, -0.05) is 0 Å². The second-order valence-corrected chi connectivity index (χ2v) is 4.76. The smallest absolute Gasteiger partial charge is 0.357 e. The lowest BCUT2D eigenvalue weighted by atomic mass is 10.4. The van der Waals surface area contributed by atoms with Crippen LogP contribution in [0.25, 0.3) is 0 Å². The molecule has 1 N–H and O–H groups in total. The van der Waals surface area contributed by atoms with Gasteiger partial charge in [-0.15, -0.1) is 11.3 Å². The number of likely N-dealkylation sites (N-methyl/N-ethyl adjacent to an activating group) is 1. The molecule has 0 aliphatic carbocycles. The first-order valence-electron chi connectivity index (χ1n) is 4.95. The van der Waals surface area contributed by atoms with Gasteiger partial charge < -0.3 is 15.0 Å². The molecule has 0 radical (unpaired) electrons.